The van der Waals surface area contributed by atoms with Crippen molar-refractivity contribution in [3.63, 3.8) is 0 Å². The lowest BCUT2D eigenvalue weighted by Crippen LogP contribution is -2.36. The van der Waals surface area contributed by atoms with E-state index in [0.29, 0.717) is 0 Å². The molecule has 0 amide bonds. The van der Waals surface area contributed by atoms with Gasteiger partial charge in [0.15, 0.2) is 5.92 Å². The zero-order valence-electron chi connectivity index (χ0n) is 12.0. The first kappa shape index (κ1) is 16.4. The number of carbonyl (C=O) groups excluding carboxylic acids is 1. The summed E-state index contributed by atoms with van der Waals surface area (Å²) in [5.41, 5.74) is -0.893. The summed E-state index contributed by atoms with van der Waals surface area (Å²) in [6.07, 6.45) is -2.01. The minimum absolute atomic E-state index is 0.00178. The highest BCUT2D eigenvalue weighted by Gasteiger charge is 2.51. The second kappa shape index (κ2) is 5.65. The predicted octanol–water partition coefficient (Wildman–Crippen LogP) is 1.34. The van der Waals surface area contributed by atoms with Gasteiger partial charge in [0.05, 0.1) is 9.82 Å². The summed E-state index contributed by atoms with van der Waals surface area (Å²) in [5, 5.41) is 11.2. The van der Waals surface area contributed by atoms with Gasteiger partial charge < -0.3 is 4.74 Å². The van der Waals surface area contributed by atoms with Crippen LogP contribution in [0.5, 0.6) is 0 Å². The number of hydrogen-bond donors (Lipinski definition) is 0. The number of nitro groups is 1. The normalized spacial score (nSPS) is 22.1. The van der Waals surface area contributed by atoms with E-state index < -0.39 is 38.8 Å². The van der Waals surface area contributed by atoms with Gasteiger partial charge >= 0.3 is 22.3 Å². The average molecular weight is 329 g/mol. The molecule has 1 aliphatic rings. The van der Waals surface area contributed by atoms with E-state index in [-0.39, 0.29) is 11.3 Å². The van der Waals surface area contributed by atoms with Crippen LogP contribution in [0.1, 0.15) is 20.3 Å². The second-order valence-corrected chi connectivity index (χ2v) is 7.10. The fraction of sp³-hybridized carbons (Fsp3) is 0.462. The molecule has 120 valence electrons. The Morgan fingerprint density at radius 2 is 1.95 bits per heavy atom. The number of esters is 1. The first-order valence-corrected chi connectivity index (χ1v) is 7.88. The molecule has 1 aromatic rings. The van der Waals surface area contributed by atoms with Crippen LogP contribution in [0.2, 0.25) is 0 Å². The molecule has 2 atom stereocenters. The quantitative estimate of drug-likeness (QED) is 0.263. The molecule has 1 saturated heterocycles. The Morgan fingerprint density at radius 3 is 2.41 bits per heavy atom. The van der Waals surface area contributed by atoms with Crippen LogP contribution in [-0.2, 0) is 23.8 Å². The van der Waals surface area contributed by atoms with Gasteiger partial charge in [-0.25, -0.2) is 0 Å². The van der Waals surface area contributed by atoms with E-state index in [1.54, 1.807) is 19.9 Å². The van der Waals surface area contributed by atoms with Crippen LogP contribution >= 0.6 is 0 Å². The van der Waals surface area contributed by atoms with Crippen LogP contribution in [0.25, 0.3) is 0 Å². The zero-order valence-corrected chi connectivity index (χ0v) is 12.8. The van der Waals surface area contributed by atoms with E-state index in [0.717, 1.165) is 0 Å². The van der Waals surface area contributed by atoms with Gasteiger partial charge in [-0.15, -0.1) is 0 Å². The Bertz CT molecular complexity index is 684. The average Bonchev–Trinajstić information content (AvgIpc) is 2.70. The third kappa shape index (κ3) is 3.42. The van der Waals surface area contributed by atoms with Gasteiger partial charge in [-0.3, -0.25) is 14.9 Å². The lowest BCUT2D eigenvalue weighted by molar-refractivity contribution is -0.569. The molecule has 0 radical (unpaired) electrons. The van der Waals surface area contributed by atoms with Crippen molar-refractivity contribution in [3.05, 3.63) is 40.4 Å². The maximum absolute atomic E-state index is 12.1. The molecule has 22 heavy (non-hydrogen) atoms. The van der Waals surface area contributed by atoms with Crippen LogP contribution in [0.4, 0.5) is 0 Å². The molecule has 0 N–H and O–H groups in total. The van der Waals surface area contributed by atoms with Crippen LogP contribution in [0.15, 0.2) is 35.2 Å². The summed E-state index contributed by atoms with van der Waals surface area (Å²) in [5.74, 6) is -2.11. The number of hydrogen-bond acceptors (Lipinski definition) is 7. The Morgan fingerprint density at radius 1 is 1.36 bits per heavy atom. The van der Waals surface area contributed by atoms with Crippen molar-refractivity contribution in [3.8, 4) is 0 Å². The Hall–Kier alpha value is -2.00. The molecule has 0 spiro atoms. The van der Waals surface area contributed by atoms with Crippen molar-refractivity contribution in [1.29, 1.82) is 0 Å². The van der Waals surface area contributed by atoms with Gasteiger partial charge in [-0.2, -0.15) is 12.6 Å². The van der Waals surface area contributed by atoms with E-state index in [4.69, 9.17) is 8.92 Å². The van der Waals surface area contributed by atoms with Crippen molar-refractivity contribution in [2.24, 2.45) is 5.92 Å². The molecule has 8 nitrogen and oxygen atoms in total. The van der Waals surface area contributed by atoms with E-state index in [1.807, 2.05) is 0 Å². The van der Waals surface area contributed by atoms with Crippen molar-refractivity contribution >= 4 is 16.1 Å². The third-order valence-corrected chi connectivity index (χ3v) is 4.50. The summed E-state index contributed by atoms with van der Waals surface area (Å²) in [4.78, 5) is 21.8. The SMILES string of the molecule is CC1(C)CC(C(OS(=O)(=O)c2ccccc2)[N+](=O)[O-])C(=O)O1. The summed E-state index contributed by atoms with van der Waals surface area (Å²) < 4.78 is 33.9. The van der Waals surface area contributed by atoms with Gasteiger partial charge in [0.25, 0.3) is 0 Å². The van der Waals surface area contributed by atoms with E-state index >= 15 is 0 Å². The largest absolute Gasteiger partial charge is 0.459 e. The van der Waals surface area contributed by atoms with Crippen molar-refractivity contribution < 1.29 is 27.1 Å². The molecule has 1 aliphatic heterocycles. The standard InChI is InChI=1S/C13H15NO7S/c1-13(2)8-10(12(15)20-13)11(14(16)17)21-22(18,19)9-6-4-3-5-7-9/h3-7,10-11H,8H2,1-2H3. The first-order chi connectivity index (χ1) is 10.1. The van der Waals surface area contributed by atoms with Gasteiger partial charge in [0.2, 0.25) is 0 Å². The van der Waals surface area contributed by atoms with Crippen molar-refractivity contribution in [1.82, 2.24) is 0 Å². The monoisotopic (exact) mass is 329 g/mol. The number of ether oxygens (including phenoxy) is 1. The maximum Gasteiger partial charge on any atom is 0.343 e. The van der Waals surface area contributed by atoms with E-state index in [2.05, 4.69) is 0 Å². The summed E-state index contributed by atoms with van der Waals surface area (Å²) in [6, 6.07) is 7.03. The minimum Gasteiger partial charge on any atom is -0.459 e. The molecule has 0 saturated carbocycles. The number of benzene rings is 1. The summed E-state index contributed by atoms with van der Waals surface area (Å²) in [6.45, 7) is 3.18. The van der Waals surface area contributed by atoms with Crippen molar-refractivity contribution in [2.45, 2.75) is 37.0 Å². The third-order valence-electron chi connectivity index (χ3n) is 3.20. The Balaban J connectivity index is 2.27. The molecule has 2 rings (SSSR count). The predicted molar refractivity (Wildman–Crippen MR) is 73.8 cm³/mol. The minimum atomic E-state index is -4.35. The molecule has 1 aromatic carbocycles. The van der Waals surface area contributed by atoms with Crippen LogP contribution in [0.3, 0.4) is 0 Å². The van der Waals surface area contributed by atoms with Crippen molar-refractivity contribution in [2.75, 3.05) is 0 Å². The lowest BCUT2D eigenvalue weighted by atomic mass is 9.96. The molecule has 0 aliphatic carbocycles. The highest BCUT2D eigenvalue weighted by molar-refractivity contribution is 7.86. The topological polar surface area (TPSA) is 113 Å². The summed E-state index contributed by atoms with van der Waals surface area (Å²) >= 11 is 0. The molecule has 1 fully saturated rings. The first-order valence-electron chi connectivity index (χ1n) is 6.47. The molecule has 0 aromatic heterocycles. The molecule has 0 bridgehead atoms. The Kier molecular flexibility index (Phi) is 4.21. The number of carbonyl (C=O) groups is 1. The lowest BCUT2D eigenvalue weighted by Gasteiger charge is -2.15. The van der Waals surface area contributed by atoms with Crippen LogP contribution in [0, 0.1) is 16.0 Å². The van der Waals surface area contributed by atoms with Crippen LogP contribution in [-0.4, -0.2) is 31.1 Å². The Labute approximate surface area is 127 Å². The van der Waals surface area contributed by atoms with E-state index in [1.165, 1.54) is 24.3 Å². The van der Waals surface area contributed by atoms with Gasteiger partial charge in [0.1, 0.15) is 5.60 Å². The highest BCUT2D eigenvalue weighted by Crippen LogP contribution is 2.34. The van der Waals surface area contributed by atoms with Gasteiger partial charge in [0, 0.05) is 6.42 Å². The summed E-state index contributed by atoms with van der Waals surface area (Å²) in [7, 11) is -4.35. The molecule has 1 heterocycles. The highest BCUT2D eigenvalue weighted by atomic mass is 32.2. The second-order valence-electron chi connectivity index (χ2n) is 5.53. The van der Waals surface area contributed by atoms with Gasteiger partial charge in [-0.1, -0.05) is 18.2 Å². The fourth-order valence-corrected chi connectivity index (χ4v) is 3.31. The number of nitrogens with zero attached hydrogens (tertiary/aromatic N) is 1. The molecule has 2 unspecified atom stereocenters. The van der Waals surface area contributed by atoms with E-state index in [9.17, 15) is 23.3 Å². The molecular formula is C13H15NO7S. The molecular weight excluding hydrogens is 314 g/mol. The van der Waals surface area contributed by atoms with Crippen LogP contribution < -0.4 is 0 Å². The number of rotatable bonds is 5. The molecule has 9 heteroatoms. The number of cyclic esters (lactones) is 1. The smallest absolute Gasteiger partial charge is 0.343 e. The fourth-order valence-electron chi connectivity index (χ4n) is 2.24. The zero-order chi connectivity index (χ0) is 16.5. The maximum atomic E-state index is 12.1. The van der Waals surface area contributed by atoms with Gasteiger partial charge in [-0.05, 0) is 26.0 Å².